The predicted octanol–water partition coefficient (Wildman–Crippen LogP) is 0.495. The lowest BCUT2D eigenvalue weighted by Crippen LogP contribution is -2.51. The fourth-order valence-electron chi connectivity index (χ4n) is 1.68. The third-order valence-corrected chi connectivity index (χ3v) is 3.33. The Kier molecular flexibility index (Phi) is 3.32. The van der Waals surface area contributed by atoms with Crippen molar-refractivity contribution in [3.63, 3.8) is 0 Å². The topological polar surface area (TPSA) is 55.4 Å². The minimum atomic E-state index is -3.10. The van der Waals surface area contributed by atoms with E-state index in [-0.39, 0.29) is 5.54 Å². The Hall–Kier alpha value is -0.130. The normalized spacial score (nSPS) is 22.9. The summed E-state index contributed by atoms with van der Waals surface area (Å²) in [6.45, 7) is 3.30. The molecule has 1 N–H and O–H groups in total. The third-order valence-electron chi connectivity index (χ3n) is 2.53. The van der Waals surface area contributed by atoms with Crippen LogP contribution in [0.5, 0.6) is 0 Å². The first-order valence-electron chi connectivity index (χ1n) is 4.54. The van der Waals surface area contributed by atoms with Crippen molar-refractivity contribution in [1.29, 1.82) is 0 Å². The summed E-state index contributed by atoms with van der Waals surface area (Å²) in [4.78, 5) is 0. The van der Waals surface area contributed by atoms with Crippen LogP contribution in [0.4, 0.5) is 0 Å². The summed E-state index contributed by atoms with van der Waals surface area (Å²) in [5, 5.41) is 0. The summed E-state index contributed by atoms with van der Waals surface area (Å²) in [5.74, 6) is 0. The summed E-state index contributed by atoms with van der Waals surface area (Å²) < 4.78 is 30.1. The standard InChI is InChI=1S/C8H17NO3S/c1-3-8(9-13(2,10)11)4-6-12-7-5-8/h9H,3-7H2,1-2H3. The number of sulfonamides is 1. The summed E-state index contributed by atoms with van der Waals surface area (Å²) >= 11 is 0. The molecule has 0 bridgehead atoms. The summed E-state index contributed by atoms with van der Waals surface area (Å²) in [6.07, 6.45) is 3.58. The van der Waals surface area contributed by atoms with Gasteiger partial charge in [-0.25, -0.2) is 13.1 Å². The molecule has 0 aromatic heterocycles. The molecule has 0 atom stereocenters. The molecule has 0 radical (unpaired) electrons. The van der Waals surface area contributed by atoms with Gasteiger partial charge in [0.05, 0.1) is 6.26 Å². The maximum atomic E-state index is 11.1. The van der Waals surface area contributed by atoms with Crippen LogP contribution in [0.2, 0.25) is 0 Å². The average molecular weight is 207 g/mol. The molecular weight excluding hydrogens is 190 g/mol. The Morgan fingerprint density at radius 3 is 2.31 bits per heavy atom. The van der Waals surface area contributed by atoms with E-state index in [1.165, 1.54) is 6.26 Å². The molecule has 0 aromatic carbocycles. The SMILES string of the molecule is CCC1(NS(C)(=O)=O)CCOCC1. The van der Waals surface area contributed by atoms with Crippen molar-refractivity contribution in [2.24, 2.45) is 0 Å². The second-order valence-corrected chi connectivity index (χ2v) is 5.37. The van der Waals surface area contributed by atoms with Gasteiger partial charge < -0.3 is 4.74 Å². The lowest BCUT2D eigenvalue weighted by molar-refractivity contribution is 0.0457. The van der Waals surface area contributed by atoms with Crippen molar-refractivity contribution in [2.75, 3.05) is 19.5 Å². The van der Waals surface area contributed by atoms with E-state index in [2.05, 4.69) is 4.72 Å². The Bertz CT molecular complexity index is 255. The van der Waals surface area contributed by atoms with Crippen LogP contribution in [-0.2, 0) is 14.8 Å². The Labute approximate surface area is 79.7 Å². The highest BCUT2D eigenvalue weighted by molar-refractivity contribution is 7.88. The van der Waals surface area contributed by atoms with Crippen molar-refractivity contribution in [3.05, 3.63) is 0 Å². The molecule has 1 aliphatic heterocycles. The van der Waals surface area contributed by atoms with Gasteiger partial charge in [-0.2, -0.15) is 0 Å². The van der Waals surface area contributed by atoms with Gasteiger partial charge in [-0.05, 0) is 19.3 Å². The van der Waals surface area contributed by atoms with Crippen LogP contribution in [0.3, 0.4) is 0 Å². The van der Waals surface area contributed by atoms with Crippen LogP contribution in [0.25, 0.3) is 0 Å². The van der Waals surface area contributed by atoms with Gasteiger partial charge >= 0.3 is 0 Å². The van der Waals surface area contributed by atoms with Crippen molar-refractivity contribution < 1.29 is 13.2 Å². The predicted molar refractivity (Wildman–Crippen MR) is 51.1 cm³/mol. The molecule has 1 fully saturated rings. The minimum absolute atomic E-state index is 0.258. The van der Waals surface area contributed by atoms with Gasteiger partial charge in [0.2, 0.25) is 10.0 Å². The Balaban J connectivity index is 2.68. The van der Waals surface area contributed by atoms with Crippen molar-refractivity contribution >= 4 is 10.0 Å². The van der Waals surface area contributed by atoms with Gasteiger partial charge in [0.15, 0.2) is 0 Å². The summed E-state index contributed by atoms with van der Waals surface area (Å²) in [7, 11) is -3.10. The van der Waals surface area contributed by atoms with Crippen LogP contribution in [0, 0.1) is 0 Å². The Morgan fingerprint density at radius 2 is 1.92 bits per heavy atom. The van der Waals surface area contributed by atoms with Gasteiger partial charge in [-0.1, -0.05) is 6.92 Å². The zero-order valence-electron chi connectivity index (χ0n) is 8.17. The van der Waals surface area contributed by atoms with Gasteiger partial charge in [-0.15, -0.1) is 0 Å². The van der Waals surface area contributed by atoms with E-state index in [0.29, 0.717) is 13.2 Å². The molecule has 5 heteroatoms. The molecule has 0 amide bonds. The number of nitrogens with one attached hydrogen (secondary N) is 1. The highest BCUT2D eigenvalue weighted by atomic mass is 32.2. The minimum Gasteiger partial charge on any atom is -0.381 e. The molecule has 13 heavy (non-hydrogen) atoms. The van der Waals surface area contributed by atoms with Crippen molar-refractivity contribution in [3.8, 4) is 0 Å². The zero-order valence-corrected chi connectivity index (χ0v) is 8.99. The molecule has 1 rings (SSSR count). The summed E-state index contributed by atoms with van der Waals surface area (Å²) in [6, 6.07) is 0. The third kappa shape index (κ3) is 3.25. The molecule has 0 saturated carbocycles. The molecule has 0 unspecified atom stereocenters. The number of ether oxygens (including phenoxy) is 1. The number of rotatable bonds is 3. The Morgan fingerprint density at radius 1 is 1.38 bits per heavy atom. The molecule has 1 aliphatic rings. The van der Waals surface area contributed by atoms with Crippen LogP contribution in [0.15, 0.2) is 0 Å². The van der Waals surface area contributed by atoms with E-state index in [0.717, 1.165) is 19.3 Å². The molecule has 78 valence electrons. The first-order valence-corrected chi connectivity index (χ1v) is 6.43. The number of hydrogen-bond acceptors (Lipinski definition) is 3. The van der Waals surface area contributed by atoms with Gasteiger partial charge in [0.25, 0.3) is 0 Å². The van der Waals surface area contributed by atoms with E-state index >= 15 is 0 Å². The highest BCUT2D eigenvalue weighted by Crippen LogP contribution is 2.24. The second kappa shape index (κ2) is 3.94. The van der Waals surface area contributed by atoms with Crippen molar-refractivity contribution in [1.82, 2.24) is 4.72 Å². The van der Waals surface area contributed by atoms with E-state index in [4.69, 9.17) is 4.74 Å². The van der Waals surface area contributed by atoms with E-state index < -0.39 is 10.0 Å². The fraction of sp³-hybridized carbons (Fsp3) is 1.00. The van der Waals surface area contributed by atoms with Crippen LogP contribution < -0.4 is 4.72 Å². The van der Waals surface area contributed by atoms with E-state index in [9.17, 15) is 8.42 Å². The fourth-order valence-corrected chi connectivity index (χ4v) is 2.82. The van der Waals surface area contributed by atoms with Gasteiger partial charge in [-0.3, -0.25) is 0 Å². The maximum Gasteiger partial charge on any atom is 0.209 e. The lowest BCUT2D eigenvalue weighted by atomic mass is 9.89. The first-order chi connectivity index (χ1) is 5.97. The van der Waals surface area contributed by atoms with Crippen LogP contribution in [0.1, 0.15) is 26.2 Å². The molecule has 0 aliphatic carbocycles. The number of hydrogen-bond donors (Lipinski definition) is 1. The lowest BCUT2D eigenvalue weighted by Gasteiger charge is -2.36. The maximum absolute atomic E-state index is 11.1. The zero-order chi connectivity index (χ0) is 9.95. The molecule has 0 aromatic rings. The average Bonchev–Trinajstić information content (AvgIpc) is 2.03. The molecule has 4 nitrogen and oxygen atoms in total. The van der Waals surface area contributed by atoms with Crippen molar-refractivity contribution in [2.45, 2.75) is 31.7 Å². The van der Waals surface area contributed by atoms with Crippen LogP contribution >= 0.6 is 0 Å². The second-order valence-electron chi connectivity index (χ2n) is 3.62. The molecule has 1 heterocycles. The molecular formula is C8H17NO3S. The van der Waals surface area contributed by atoms with E-state index in [1.807, 2.05) is 6.92 Å². The largest absolute Gasteiger partial charge is 0.381 e. The van der Waals surface area contributed by atoms with E-state index in [1.54, 1.807) is 0 Å². The van der Waals surface area contributed by atoms with Gasteiger partial charge in [0, 0.05) is 18.8 Å². The molecule has 1 saturated heterocycles. The quantitative estimate of drug-likeness (QED) is 0.733. The first kappa shape index (κ1) is 10.9. The monoisotopic (exact) mass is 207 g/mol. The highest BCUT2D eigenvalue weighted by Gasteiger charge is 2.33. The van der Waals surface area contributed by atoms with Crippen LogP contribution in [-0.4, -0.2) is 33.4 Å². The van der Waals surface area contributed by atoms with Gasteiger partial charge in [0.1, 0.15) is 0 Å². The summed E-state index contributed by atoms with van der Waals surface area (Å²) in [5.41, 5.74) is -0.258. The molecule has 0 spiro atoms. The smallest absolute Gasteiger partial charge is 0.209 e.